The van der Waals surface area contributed by atoms with E-state index in [9.17, 15) is 8.78 Å². The first kappa shape index (κ1) is 6.82. The lowest BCUT2D eigenvalue weighted by Gasteiger charge is -1.86. The molecule has 0 unspecified atom stereocenters. The molecular weight excluding hydrogens is 114 g/mol. The topological polar surface area (TPSA) is 0 Å². The van der Waals surface area contributed by atoms with E-state index in [1.165, 1.54) is 0 Å². The molecule has 0 saturated carbocycles. The standard InChI is InChI=1S/C4H8F2Si/c1-2-3(7)4(5)6/h2H2,1,7H3. The second-order valence-electron chi connectivity index (χ2n) is 1.39. The monoisotopic (exact) mass is 122 g/mol. The molecule has 0 aromatic rings. The van der Waals surface area contributed by atoms with Gasteiger partial charge in [0.1, 0.15) is 0 Å². The lowest BCUT2D eigenvalue weighted by molar-refractivity contribution is 0.415. The minimum absolute atomic E-state index is 0.319. The lowest BCUT2D eigenvalue weighted by Crippen LogP contribution is -1.77. The maximum atomic E-state index is 11.3. The Morgan fingerprint density at radius 2 is 2.00 bits per heavy atom. The molecule has 0 fully saturated rings. The summed E-state index contributed by atoms with van der Waals surface area (Å²) in [6, 6.07) is 0. The molecule has 0 atom stereocenters. The Labute approximate surface area is 44.6 Å². The molecule has 42 valence electrons. The summed E-state index contributed by atoms with van der Waals surface area (Å²) in [4.78, 5) is 0. The Balaban J connectivity index is 3.72. The Kier molecular flexibility index (Phi) is 2.83. The maximum Gasteiger partial charge on any atom is 0.264 e. The van der Waals surface area contributed by atoms with Crippen LogP contribution in [0.4, 0.5) is 8.78 Å². The third-order valence-corrected chi connectivity index (χ3v) is 1.94. The van der Waals surface area contributed by atoms with E-state index in [2.05, 4.69) is 0 Å². The van der Waals surface area contributed by atoms with Crippen LogP contribution in [0.2, 0.25) is 0 Å². The van der Waals surface area contributed by atoms with Crippen molar-refractivity contribution < 1.29 is 8.78 Å². The van der Waals surface area contributed by atoms with Gasteiger partial charge in [-0.05, 0) is 11.6 Å². The van der Waals surface area contributed by atoms with Gasteiger partial charge in [-0.1, -0.05) is 6.92 Å². The summed E-state index contributed by atoms with van der Waals surface area (Å²) in [5.74, 6) is 0. The molecule has 0 N–H and O–H groups in total. The molecule has 7 heavy (non-hydrogen) atoms. The van der Waals surface area contributed by atoms with Gasteiger partial charge in [-0.2, -0.15) is 8.78 Å². The average Bonchev–Trinajstić information content (AvgIpc) is 1.65. The zero-order valence-corrected chi connectivity index (χ0v) is 6.46. The number of rotatable bonds is 1. The first-order chi connectivity index (χ1) is 3.18. The Hall–Kier alpha value is -0.183. The van der Waals surface area contributed by atoms with Crippen molar-refractivity contribution in [2.24, 2.45) is 0 Å². The van der Waals surface area contributed by atoms with E-state index in [0.29, 0.717) is 21.9 Å². The van der Waals surface area contributed by atoms with Gasteiger partial charge < -0.3 is 0 Å². The van der Waals surface area contributed by atoms with Crippen LogP contribution in [0.5, 0.6) is 0 Å². The number of allylic oxidation sites excluding steroid dienone is 1. The van der Waals surface area contributed by atoms with Crippen LogP contribution in [0.15, 0.2) is 11.3 Å². The van der Waals surface area contributed by atoms with Crippen LogP contribution in [0, 0.1) is 0 Å². The van der Waals surface area contributed by atoms with Gasteiger partial charge in [-0.15, -0.1) is 0 Å². The van der Waals surface area contributed by atoms with Gasteiger partial charge in [0, 0.05) is 10.2 Å². The van der Waals surface area contributed by atoms with Gasteiger partial charge in [-0.25, -0.2) is 0 Å². The summed E-state index contributed by atoms with van der Waals surface area (Å²) in [5.41, 5.74) is 0. The molecule has 0 aliphatic heterocycles. The maximum absolute atomic E-state index is 11.3. The SMILES string of the molecule is CCC([SiH3])=C(F)F. The van der Waals surface area contributed by atoms with Crippen LogP contribution in [-0.4, -0.2) is 10.2 Å². The highest BCUT2D eigenvalue weighted by molar-refractivity contribution is 6.21. The van der Waals surface area contributed by atoms with Crippen LogP contribution in [0.25, 0.3) is 0 Å². The lowest BCUT2D eigenvalue weighted by atomic mass is 10.5. The van der Waals surface area contributed by atoms with E-state index in [1.54, 1.807) is 6.92 Å². The second-order valence-corrected chi connectivity index (χ2v) is 2.60. The van der Waals surface area contributed by atoms with Crippen LogP contribution in [0.1, 0.15) is 13.3 Å². The normalized spacial score (nSPS) is 9.00. The highest BCUT2D eigenvalue weighted by Gasteiger charge is 1.92. The smallest absolute Gasteiger partial charge is 0.174 e. The fourth-order valence-electron chi connectivity index (χ4n) is 0.134. The molecule has 0 saturated heterocycles. The van der Waals surface area contributed by atoms with Crippen molar-refractivity contribution in [1.82, 2.24) is 0 Å². The van der Waals surface area contributed by atoms with Gasteiger partial charge in [0.25, 0.3) is 6.08 Å². The van der Waals surface area contributed by atoms with Crippen molar-refractivity contribution in [3.05, 3.63) is 11.3 Å². The molecule has 0 radical (unpaired) electrons. The van der Waals surface area contributed by atoms with Gasteiger partial charge in [0.05, 0.1) is 0 Å². The molecule has 0 aliphatic rings. The van der Waals surface area contributed by atoms with Crippen LogP contribution >= 0.6 is 0 Å². The molecule has 0 amide bonds. The van der Waals surface area contributed by atoms with Crippen molar-refractivity contribution in [3.63, 3.8) is 0 Å². The van der Waals surface area contributed by atoms with Crippen molar-refractivity contribution >= 4 is 10.2 Å². The van der Waals surface area contributed by atoms with Crippen molar-refractivity contribution in [3.8, 4) is 0 Å². The minimum Gasteiger partial charge on any atom is -0.174 e. The van der Waals surface area contributed by atoms with Crippen LogP contribution < -0.4 is 0 Å². The van der Waals surface area contributed by atoms with E-state index in [1.807, 2.05) is 0 Å². The molecule has 0 rings (SSSR count). The third kappa shape index (κ3) is 2.50. The second kappa shape index (κ2) is 2.90. The van der Waals surface area contributed by atoms with Gasteiger partial charge >= 0.3 is 0 Å². The van der Waals surface area contributed by atoms with Gasteiger partial charge in [0.2, 0.25) is 0 Å². The van der Waals surface area contributed by atoms with Crippen molar-refractivity contribution in [2.75, 3.05) is 0 Å². The molecule has 0 nitrogen and oxygen atoms in total. The molecule has 0 spiro atoms. The number of hydrogen-bond donors (Lipinski definition) is 0. The molecule has 3 heteroatoms. The predicted molar refractivity (Wildman–Crippen MR) is 29.5 cm³/mol. The zero-order valence-electron chi connectivity index (χ0n) is 4.46. The summed E-state index contributed by atoms with van der Waals surface area (Å²) < 4.78 is 22.7. The molecule has 0 aromatic heterocycles. The van der Waals surface area contributed by atoms with E-state index < -0.39 is 6.08 Å². The summed E-state index contributed by atoms with van der Waals surface area (Å²) in [5, 5.41) is 0.319. The van der Waals surface area contributed by atoms with E-state index >= 15 is 0 Å². The van der Waals surface area contributed by atoms with Gasteiger partial charge in [0.15, 0.2) is 0 Å². The summed E-state index contributed by atoms with van der Waals surface area (Å²) in [6.45, 7) is 1.74. The molecule has 0 bridgehead atoms. The highest BCUT2D eigenvalue weighted by atomic mass is 28.1. The van der Waals surface area contributed by atoms with Crippen LogP contribution in [-0.2, 0) is 0 Å². The third-order valence-electron chi connectivity index (χ3n) is 0.853. The first-order valence-corrected chi connectivity index (χ1v) is 3.19. The Morgan fingerprint density at radius 1 is 1.57 bits per heavy atom. The summed E-state index contributed by atoms with van der Waals surface area (Å²) in [6.07, 6.45) is -0.969. The van der Waals surface area contributed by atoms with Gasteiger partial charge in [-0.3, -0.25) is 0 Å². The van der Waals surface area contributed by atoms with Crippen LogP contribution in [0.3, 0.4) is 0 Å². The average molecular weight is 122 g/mol. The fraction of sp³-hybridized carbons (Fsp3) is 0.500. The quantitative estimate of drug-likeness (QED) is 0.453. The van der Waals surface area contributed by atoms with Crippen molar-refractivity contribution in [1.29, 1.82) is 0 Å². The van der Waals surface area contributed by atoms with Crippen molar-refractivity contribution in [2.45, 2.75) is 13.3 Å². The predicted octanol–water partition coefficient (Wildman–Crippen LogP) is 0.870. The molecule has 0 aromatic carbocycles. The minimum atomic E-state index is -1.48. The summed E-state index contributed by atoms with van der Waals surface area (Å²) in [7, 11) is 0.504. The first-order valence-electron chi connectivity index (χ1n) is 2.19. The van der Waals surface area contributed by atoms with E-state index in [-0.39, 0.29) is 0 Å². The molecule has 0 aliphatic carbocycles. The van der Waals surface area contributed by atoms with E-state index in [4.69, 9.17) is 0 Å². The van der Waals surface area contributed by atoms with E-state index in [0.717, 1.165) is 0 Å². The fourth-order valence-corrected chi connectivity index (χ4v) is 0.134. The molecular formula is C4H8F2Si. The number of halogens is 2. The largest absolute Gasteiger partial charge is 0.264 e. The molecule has 0 heterocycles. The number of hydrogen-bond acceptors (Lipinski definition) is 0. The summed E-state index contributed by atoms with van der Waals surface area (Å²) >= 11 is 0. The highest BCUT2D eigenvalue weighted by Crippen LogP contribution is 2.05. The zero-order chi connectivity index (χ0) is 5.86. The Bertz CT molecular complexity index is 83.7. The Morgan fingerprint density at radius 3 is 2.00 bits per heavy atom.